The number of carbonyl (C=O) groups excluding carboxylic acids is 1. The quantitative estimate of drug-likeness (QED) is 0.614. The number of fused-ring (bicyclic) bond motifs is 1. The van der Waals surface area contributed by atoms with E-state index < -0.39 is 0 Å². The highest BCUT2D eigenvalue weighted by Crippen LogP contribution is 2.10. The fourth-order valence-corrected chi connectivity index (χ4v) is 1.53. The molecule has 0 aromatic carbocycles. The molecular formula is C8H12N4O. The Kier molecular flexibility index (Phi) is 2.02. The standard InChI is InChI=1S/C8H12N4O/c9-8(13)5-12-4-6-1-2-10-3-7(6)11-12/h4,10H,1-3,5H2,(H2,9,13). The monoisotopic (exact) mass is 180 g/mol. The van der Waals surface area contributed by atoms with Crippen molar-refractivity contribution in [1.82, 2.24) is 15.1 Å². The van der Waals surface area contributed by atoms with E-state index in [0.717, 1.165) is 25.2 Å². The SMILES string of the molecule is NC(=O)Cn1cc2c(n1)CNCC2. The van der Waals surface area contributed by atoms with E-state index in [1.54, 1.807) is 4.68 Å². The van der Waals surface area contributed by atoms with Gasteiger partial charge in [0.05, 0.1) is 5.69 Å². The highest BCUT2D eigenvalue weighted by molar-refractivity contribution is 5.73. The summed E-state index contributed by atoms with van der Waals surface area (Å²) in [4.78, 5) is 10.6. The molecule has 0 fully saturated rings. The van der Waals surface area contributed by atoms with Crippen molar-refractivity contribution in [2.45, 2.75) is 19.5 Å². The minimum Gasteiger partial charge on any atom is -0.368 e. The molecule has 1 aliphatic rings. The molecule has 1 aromatic heterocycles. The predicted molar refractivity (Wildman–Crippen MR) is 46.8 cm³/mol. The van der Waals surface area contributed by atoms with Gasteiger partial charge in [0.1, 0.15) is 6.54 Å². The van der Waals surface area contributed by atoms with Crippen LogP contribution in [0.2, 0.25) is 0 Å². The van der Waals surface area contributed by atoms with Crippen molar-refractivity contribution in [2.24, 2.45) is 5.73 Å². The van der Waals surface area contributed by atoms with Gasteiger partial charge < -0.3 is 11.1 Å². The molecule has 0 saturated carbocycles. The molecule has 0 atom stereocenters. The van der Waals surface area contributed by atoms with Gasteiger partial charge in [0.25, 0.3) is 0 Å². The van der Waals surface area contributed by atoms with Gasteiger partial charge in [-0.1, -0.05) is 0 Å². The van der Waals surface area contributed by atoms with Crippen molar-refractivity contribution in [2.75, 3.05) is 6.54 Å². The van der Waals surface area contributed by atoms with Crippen LogP contribution in [0.15, 0.2) is 6.20 Å². The van der Waals surface area contributed by atoms with E-state index in [2.05, 4.69) is 10.4 Å². The zero-order chi connectivity index (χ0) is 9.26. The Balaban J connectivity index is 2.20. The molecule has 2 rings (SSSR count). The molecule has 0 spiro atoms. The highest BCUT2D eigenvalue weighted by Gasteiger charge is 2.13. The second kappa shape index (κ2) is 3.18. The summed E-state index contributed by atoms with van der Waals surface area (Å²) in [6, 6.07) is 0. The zero-order valence-electron chi connectivity index (χ0n) is 7.29. The maximum atomic E-state index is 10.6. The number of primary amides is 1. The lowest BCUT2D eigenvalue weighted by molar-refractivity contribution is -0.118. The number of nitrogens with two attached hydrogens (primary N) is 1. The molecule has 0 saturated heterocycles. The minimum atomic E-state index is -0.354. The maximum absolute atomic E-state index is 10.6. The molecule has 1 amide bonds. The maximum Gasteiger partial charge on any atom is 0.239 e. The number of rotatable bonds is 2. The summed E-state index contributed by atoms with van der Waals surface area (Å²) >= 11 is 0. The summed E-state index contributed by atoms with van der Waals surface area (Å²) in [6.45, 7) is 1.95. The molecule has 2 heterocycles. The van der Waals surface area contributed by atoms with Crippen molar-refractivity contribution in [3.63, 3.8) is 0 Å². The normalized spacial score (nSPS) is 15.4. The van der Waals surface area contributed by atoms with Gasteiger partial charge >= 0.3 is 0 Å². The zero-order valence-corrected chi connectivity index (χ0v) is 7.29. The number of amides is 1. The number of carbonyl (C=O) groups is 1. The summed E-state index contributed by atoms with van der Waals surface area (Å²) in [6.07, 6.45) is 2.88. The van der Waals surface area contributed by atoms with Crippen LogP contribution in [-0.4, -0.2) is 22.2 Å². The van der Waals surface area contributed by atoms with Gasteiger partial charge in [0.15, 0.2) is 0 Å². The van der Waals surface area contributed by atoms with Gasteiger partial charge in [-0.25, -0.2) is 0 Å². The molecule has 70 valence electrons. The number of hydrogen-bond acceptors (Lipinski definition) is 3. The van der Waals surface area contributed by atoms with Gasteiger partial charge in [-0.15, -0.1) is 0 Å². The molecule has 0 bridgehead atoms. The third-order valence-corrected chi connectivity index (χ3v) is 2.11. The smallest absolute Gasteiger partial charge is 0.239 e. The van der Waals surface area contributed by atoms with Gasteiger partial charge in [0, 0.05) is 12.7 Å². The molecule has 1 aromatic rings. The van der Waals surface area contributed by atoms with Crippen molar-refractivity contribution in [1.29, 1.82) is 0 Å². The lowest BCUT2D eigenvalue weighted by atomic mass is 10.1. The van der Waals surface area contributed by atoms with Crippen LogP contribution < -0.4 is 11.1 Å². The summed E-state index contributed by atoms with van der Waals surface area (Å²) in [5, 5.41) is 7.46. The average molecular weight is 180 g/mol. The van der Waals surface area contributed by atoms with E-state index in [-0.39, 0.29) is 12.5 Å². The molecule has 3 N–H and O–H groups in total. The van der Waals surface area contributed by atoms with E-state index in [1.165, 1.54) is 5.56 Å². The first-order valence-corrected chi connectivity index (χ1v) is 4.30. The van der Waals surface area contributed by atoms with Gasteiger partial charge in [-0.2, -0.15) is 5.10 Å². The van der Waals surface area contributed by atoms with Gasteiger partial charge in [0.2, 0.25) is 5.91 Å². The molecular weight excluding hydrogens is 168 g/mol. The third-order valence-electron chi connectivity index (χ3n) is 2.11. The first-order valence-electron chi connectivity index (χ1n) is 4.30. The second-order valence-electron chi connectivity index (χ2n) is 3.19. The van der Waals surface area contributed by atoms with Crippen LogP contribution >= 0.6 is 0 Å². The van der Waals surface area contributed by atoms with Crippen LogP contribution in [-0.2, 0) is 24.3 Å². The number of aromatic nitrogens is 2. The van der Waals surface area contributed by atoms with E-state index in [4.69, 9.17) is 5.73 Å². The van der Waals surface area contributed by atoms with E-state index in [1.807, 2.05) is 6.20 Å². The van der Waals surface area contributed by atoms with Crippen molar-refractivity contribution >= 4 is 5.91 Å². The van der Waals surface area contributed by atoms with E-state index >= 15 is 0 Å². The first-order chi connectivity index (χ1) is 6.25. The fraction of sp³-hybridized carbons (Fsp3) is 0.500. The Morgan fingerprint density at radius 1 is 1.77 bits per heavy atom. The minimum absolute atomic E-state index is 0.174. The van der Waals surface area contributed by atoms with Gasteiger partial charge in [-0.05, 0) is 18.5 Å². The highest BCUT2D eigenvalue weighted by atomic mass is 16.1. The lowest BCUT2D eigenvalue weighted by Gasteiger charge is -2.09. The molecule has 5 nitrogen and oxygen atoms in total. The topological polar surface area (TPSA) is 72.9 Å². The number of hydrogen-bond donors (Lipinski definition) is 2. The van der Waals surface area contributed by atoms with Crippen LogP contribution in [0.1, 0.15) is 11.3 Å². The Labute approximate surface area is 75.9 Å². The predicted octanol–water partition coefficient (Wildman–Crippen LogP) is -0.986. The third kappa shape index (κ3) is 1.70. The molecule has 0 unspecified atom stereocenters. The number of nitrogens with one attached hydrogen (secondary N) is 1. The summed E-state index contributed by atoms with van der Waals surface area (Å²) < 4.78 is 1.61. The van der Waals surface area contributed by atoms with Crippen molar-refractivity contribution < 1.29 is 4.79 Å². The van der Waals surface area contributed by atoms with E-state index in [9.17, 15) is 4.79 Å². The molecule has 13 heavy (non-hydrogen) atoms. The fourth-order valence-electron chi connectivity index (χ4n) is 1.53. The Bertz CT molecular complexity index is 307. The second-order valence-corrected chi connectivity index (χ2v) is 3.19. The van der Waals surface area contributed by atoms with E-state index in [0.29, 0.717) is 0 Å². The molecule has 0 aliphatic carbocycles. The summed E-state index contributed by atoms with van der Waals surface area (Å²) in [7, 11) is 0. The summed E-state index contributed by atoms with van der Waals surface area (Å²) in [5.41, 5.74) is 7.32. The van der Waals surface area contributed by atoms with Crippen LogP contribution in [0.25, 0.3) is 0 Å². The van der Waals surface area contributed by atoms with Crippen LogP contribution in [0.5, 0.6) is 0 Å². The molecule has 1 aliphatic heterocycles. The van der Waals surface area contributed by atoms with Crippen LogP contribution in [0, 0.1) is 0 Å². The van der Waals surface area contributed by atoms with Crippen LogP contribution in [0.4, 0.5) is 0 Å². The average Bonchev–Trinajstić information content (AvgIpc) is 2.44. The Morgan fingerprint density at radius 2 is 2.62 bits per heavy atom. The number of nitrogens with zero attached hydrogens (tertiary/aromatic N) is 2. The summed E-state index contributed by atoms with van der Waals surface area (Å²) in [5.74, 6) is -0.354. The molecule has 5 heteroatoms. The van der Waals surface area contributed by atoms with Crippen molar-refractivity contribution in [3.8, 4) is 0 Å². The molecule has 0 radical (unpaired) electrons. The Hall–Kier alpha value is -1.36. The first kappa shape index (κ1) is 8.25. The van der Waals surface area contributed by atoms with Crippen LogP contribution in [0.3, 0.4) is 0 Å². The van der Waals surface area contributed by atoms with Crippen molar-refractivity contribution in [3.05, 3.63) is 17.5 Å². The largest absolute Gasteiger partial charge is 0.368 e. The Morgan fingerprint density at radius 3 is 3.31 bits per heavy atom. The lowest BCUT2D eigenvalue weighted by Crippen LogP contribution is -2.23. The van der Waals surface area contributed by atoms with Gasteiger partial charge in [-0.3, -0.25) is 9.48 Å².